The minimum absolute atomic E-state index is 0.0460. The van der Waals surface area contributed by atoms with Crippen LogP contribution in [0, 0.1) is 11.8 Å². The molecule has 0 radical (unpaired) electrons. The number of esters is 2. The molecule has 0 spiro atoms. The number of aryl methyl sites for hydroxylation is 1. The summed E-state index contributed by atoms with van der Waals surface area (Å²) in [7, 11) is 0. The maximum Gasteiger partial charge on any atom is 0.338 e. The number of amides is 2. The highest BCUT2D eigenvalue weighted by Gasteiger charge is 2.36. The Morgan fingerprint density at radius 2 is 1.71 bits per heavy atom. The normalized spacial score (nSPS) is 15.4. The maximum absolute atomic E-state index is 12.4. The molecule has 0 bridgehead atoms. The van der Waals surface area contributed by atoms with Crippen molar-refractivity contribution in [2.45, 2.75) is 33.6 Å². The Bertz CT molecular complexity index is 1030. The van der Waals surface area contributed by atoms with E-state index < -0.39 is 30.4 Å². The molecular weight excluding hydrogens is 436 g/mol. The second-order valence-electron chi connectivity index (χ2n) is 8.65. The Labute approximate surface area is 199 Å². The fourth-order valence-corrected chi connectivity index (χ4v) is 3.49. The highest BCUT2D eigenvalue weighted by Crippen LogP contribution is 2.26. The average molecular weight is 467 g/mol. The molecule has 0 aromatic heterocycles. The number of carbonyl (C=O) groups is 4. The summed E-state index contributed by atoms with van der Waals surface area (Å²) in [4.78, 5) is 50.5. The fourth-order valence-electron chi connectivity index (χ4n) is 3.49. The molecular formula is C26H30N2O6. The zero-order valence-electron chi connectivity index (χ0n) is 19.7. The van der Waals surface area contributed by atoms with Gasteiger partial charge in [-0.2, -0.15) is 0 Å². The first-order valence-corrected chi connectivity index (χ1v) is 11.4. The summed E-state index contributed by atoms with van der Waals surface area (Å²) >= 11 is 0. The molecule has 3 rings (SSSR count). The number of hydrogen-bond acceptors (Lipinski definition) is 6. The van der Waals surface area contributed by atoms with Gasteiger partial charge in [-0.1, -0.05) is 32.9 Å². The number of nitrogens with zero attached hydrogens (tertiary/aromatic N) is 1. The molecule has 180 valence electrons. The summed E-state index contributed by atoms with van der Waals surface area (Å²) in [6.45, 7) is 6.04. The van der Waals surface area contributed by atoms with Crippen molar-refractivity contribution in [2.75, 3.05) is 30.0 Å². The van der Waals surface area contributed by atoms with E-state index in [1.54, 1.807) is 29.2 Å². The number of benzene rings is 2. The molecule has 1 N–H and O–H groups in total. The van der Waals surface area contributed by atoms with Crippen molar-refractivity contribution in [3.05, 3.63) is 59.7 Å². The van der Waals surface area contributed by atoms with Crippen molar-refractivity contribution in [1.29, 1.82) is 0 Å². The van der Waals surface area contributed by atoms with Crippen LogP contribution in [0.25, 0.3) is 0 Å². The van der Waals surface area contributed by atoms with E-state index >= 15 is 0 Å². The second-order valence-corrected chi connectivity index (χ2v) is 8.65. The Kier molecular flexibility index (Phi) is 8.40. The molecule has 1 aliphatic heterocycles. The maximum atomic E-state index is 12.4. The highest BCUT2D eigenvalue weighted by atomic mass is 16.5. The first-order valence-electron chi connectivity index (χ1n) is 11.4. The lowest BCUT2D eigenvalue weighted by atomic mass is 10.1. The van der Waals surface area contributed by atoms with Gasteiger partial charge in [0.05, 0.1) is 18.1 Å². The number of ether oxygens (including phenoxy) is 2. The van der Waals surface area contributed by atoms with Gasteiger partial charge in [-0.15, -0.1) is 0 Å². The smallest absolute Gasteiger partial charge is 0.338 e. The van der Waals surface area contributed by atoms with Crippen LogP contribution in [0.4, 0.5) is 11.4 Å². The van der Waals surface area contributed by atoms with Crippen LogP contribution in [0.15, 0.2) is 48.5 Å². The Balaban J connectivity index is 1.46. The molecule has 34 heavy (non-hydrogen) atoms. The molecule has 1 aliphatic rings. The number of rotatable bonds is 9. The summed E-state index contributed by atoms with van der Waals surface area (Å²) in [6, 6.07) is 13.9. The third-order valence-electron chi connectivity index (χ3n) is 5.41. The van der Waals surface area contributed by atoms with E-state index in [0.29, 0.717) is 17.9 Å². The van der Waals surface area contributed by atoms with Gasteiger partial charge in [0, 0.05) is 24.3 Å². The standard InChI is InChI=1S/C26H30N2O6/c1-4-18-5-11-22(12-6-18)28-14-20(13-24(28)30)26(32)34-16-23(29)27-21-9-7-19(8-10-21)25(31)33-15-17(2)3/h5-12,17,20H,4,13-16H2,1-3H3,(H,27,29)/t20-/m1/s1. The number of anilines is 2. The largest absolute Gasteiger partial charge is 0.462 e. The van der Waals surface area contributed by atoms with Crippen molar-refractivity contribution in [1.82, 2.24) is 0 Å². The summed E-state index contributed by atoms with van der Waals surface area (Å²) < 4.78 is 10.3. The minimum atomic E-state index is -0.623. The predicted octanol–water partition coefficient (Wildman–Crippen LogP) is 3.60. The summed E-state index contributed by atoms with van der Waals surface area (Å²) in [5.74, 6) is -2.06. The van der Waals surface area contributed by atoms with Crippen LogP contribution in [0.2, 0.25) is 0 Å². The first kappa shape index (κ1) is 25.0. The van der Waals surface area contributed by atoms with Crippen LogP contribution >= 0.6 is 0 Å². The molecule has 0 saturated carbocycles. The van der Waals surface area contributed by atoms with Crippen LogP contribution in [-0.2, 0) is 30.3 Å². The van der Waals surface area contributed by atoms with E-state index in [2.05, 4.69) is 12.2 Å². The van der Waals surface area contributed by atoms with Crippen LogP contribution in [0.1, 0.15) is 43.1 Å². The van der Waals surface area contributed by atoms with Crippen LogP contribution in [0.3, 0.4) is 0 Å². The lowest BCUT2D eigenvalue weighted by molar-refractivity contribution is -0.151. The van der Waals surface area contributed by atoms with Gasteiger partial charge in [0.2, 0.25) is 5.91 Å². The van der Waals surface area contributed by atoms with Gasteiger partial charge in [-0.05, 0) is 54.3 Å². The molecule has 0 unspecified atom stereocenters. The number of carbonyl (C=O) groups excluding carboxylic acids is 4. The first-order chi connectivity index (χ1) is 16.3. The third-order valence-corrected chi connectivity index (χ3v) is 5.41. The zero-order valence-corrected chi connectivity index (χ0v) is 19.7. The van der Waals surface area contributed by atoms with Crippen LogP contribution in [0.5, 0.6) is 0 Å². The van der Waals surface area contributed by atoms with E-state index in [-0.39, 0.29) is 24.8 Å². The van der Waals surface area contributed by atoms with Gasteiger partial charge >= 0.3 is 11.9 Å². The van der Waals surface area contributed by atoms with Crippen LogP contribution in [-0.4, -0.2) is 43.5 Å². The quantitative estimate of drug-likeness (QED) is 0.567. The van der Waals surface area contributed by atoms with Crippen molar-refractivity contribution in [2.24, 2.45) is 11.8 Å². The molecule has 1 heterocycles. The number of nitrogens with one attached hydrogen (secondary N) is 1. The van der Waals surface area contributed by atoms with Crippen molar-refractivity contribution in [3.8, 4) is 0 Å². The number of hydrogen-bond donors (Lipinski definition) is 1. The summed E-state index contributed by atoms with van der Waals surface area (Å²) in [6.07, 6.45) is 0.949. The summed E-state index contributed by atoms with van der Waals surface area (Å²) in [5, 5.41) is 2.61. The lowest BCUT2D eigenvalue weighted by Gasteiger charge is -2.17. The minimum Gasteiger partial charge on any atom is -0.462 e. The van der Waals surface area contributed by atoms with Crippen molar-refractivity contribution in [3.63, 3.8) is 0 Å². The Morgan fingerprint density at radius 3 is 2.32 bits per heavy atom. The molecule has 8 heteroatoms. The average Bonchev–Trinajstić information content (AvgIpc) is 3.23. The molecule has 2 aromatic rings. The molecule has 1 fully saturated rings. The second kappa shape index (κ2) is 11.4. The van der Waals surface area contributed by atoms with E-state index in [1.165, 1.54) is 0 Å². The van der Waals surface area contributed by atoms with E-state index in [1.807, 2.05) is 38.1 Å². The fraction of sp³-hybridized carbons (Fsp3) is 0.385. The lowest BCUT2D eigenvalue weighted by Crippen LogP contribution is -2.28. The molecule has 1 saturated heterocycles. The van der Waals surface area contributed by atoms with E-state index in [0.717, 1.165) is 17.7 Å². The van der Waals surface area contributed by atoms with Gasteiger partial charge in [0.1, 0.15) is 0 Å². The third kappa shape index (κ3) is 6.66. The van der Waals surface area contributed by atoms with Crippen molar-refractivity contribution >= 4 is 35.1 Å². The van der Waals surface area contributed by atoms with Gasteiger partial charge in [0.15, 0.2) is 6.61 Å². The van der Waals surface area contributed by atoms with Gasteiger partial charge in [-0.3, -0.25) is 14.4 Å². The molecule has 1 atom stereocenters. The van der Waals surface area contributed by atoms with Gasteiger partial charge < -0.3 is 19.7 Å². The summed E-state index contributed by atoms with van der Waals surface area (Å²) in [5.41, 5.74) is 2.74. The van der Waals surface area contributed by atoms with E-state index in [9.17, 15) is 19.2 Å². The molecule has 0 aliphatic carbocycles. The Morgan fingerprint density at radius 1 is 1.03 bits per heavy atom. The van der Waals surface area contributed by atoms with Crippen LogP contribution < -0.4 is 10.2 Å². The topological polar surface area (TPSA) is 102 Å². The van der Waals surface area contributed by atoms with Crippen molar-refractivity contribution < 1.29 is 28.7 Å². The molecule has 2 amide bonds. The van der Waals surface area contributed by atoms with Gasteiger partial charge in [0.25, 0.3) is 5.91 Å². The molecule has 2 aromatic carbocycles. The SMILES string of the molecule is CCc1ccc(N2C[C@H](C(=O)OCC(=O)Nc3ccc(C(=O)OCC(C)C)cc3)CC2=O)cc1. The predicted molar refractivity (Wildman–Crippen MR) is 127 cm³/mol. The molecule has 8 nitrogen and oxygen atoms in total. The highest BCUT2D eigenvalue weighted by molar-refractivity contribution is 6.00. The monoisotopic (exact) mass is 466 g/mol. The Hall–Kier alpha value is -3.68. The van der Waals surface area contributed by atoms with E-state index in [4.69, 9.17) is 9.47 Å². The van der Waals surface area contributed by atoms with Gasteiger partial charge in [-0.25, -0.2) is 4.79 Å². The zero-order chi connectivity index (χ0) is 24.7.